The minimum absolute atomic E-state index is 0.136. The fourth-order valence-electron chi connectivity index (χ4n) is 2.47. The summed E-state index contributed by atoms with van der Waals surface area (Å²) in [4.78, 5) is 13.9. The number of ether oxygens (including phenoxy) is 1. The van der Waals surface area contributed by atoms with Crippen LogP contribution in [0.4, 0.5) is 0 Å². The summed E-state index contributed by atoms with van der Waals surface area (Å²) in [5.74, 6) is -0.587. The van der Waals surface area contributed by atoms with E-state index in [2.05, 4.69) is 21.2 Å². The molecule has 1 atom stereocenters. The van der Waals surface area contributed by atoms with Gasteiger partial charge in [-0.1, -0.05) is 6.07 Å². The zero-order valence-corrected chi connectivity index (χ0v) is 15.0. The van der Waals surface area contributed by atoms with E-state index in [1.807, 2.05) is 17.5 Å². The number of hydrogen-bond acceptors (Lipinski definition) is 6. The van der Waals surface area contributed by atoms with Gasteiger partial charge in [0.25, 0.3) is 0 Å². The molecule has 0 aromatic carbocycles. The van der Waals surface area contributed by atoms with E-state index in [1.165, 1.54) is 22.7 Å². The Bertz CT molecular complexity index is 637. The van der Waals surface area contributed by atoms with Gasteiger partial charge in [0.1, 0.15) is 6.10 Å². The molecule has 3 heterocycles. The van der Waals surface area contributed by atoms with Crippen molar-refractivity contribution in [3.8, 4) is 0 Å². The van der Waals surface area contributed by atoms with Gasteiger partial charge in [0.05, 0.1) is 13.5 Å². The van der Waals surface area contributed by atoms with E-state index in [9.17, 15) is 9.90 Å². The van der Waals surface area contributed by atoms with Crippen molar-refractivity contribution < 1.29 is 14.6 Å². The lowest BCUT2D eigenvalue weighted by Crippen LogP contribution is -2.42. The van der Waals surface area contributed by atoms with Gasteiger partial charge < -0.3 is 15.2 Å². The zero-order valence-electron chi connectivity index (χ0n) is 11.8. The Kier molecular flexibility index (Phi) is 4.99. The number of esters is 1. The second-order valence-corrected chi connectivity index (χ2v) is 8.56. The van der Waals surface area contributed by atoms with Gasteiger partial charge in [-0.15, -0.1) is 22.7 Å². The Labute approximate surface area is 145 Å². The monoisotopic (exact) mass is 401 g/mol. The van der Waals surface area contributed by atoms with Crippen LogP contribution in [-0.4, -0.2) is 30.3 Å². The average molecular weight is 402 g/mol. The van der Waals surface area contributed by atoms with Gasteiger partial charge in [-0.2, -0.15) is 0 Å². The van der Waals surface area contributed by atoms with E-state index in [4.69, 9.17) is 4.74 Å². The molecule has 2 aromatic rings. The number of halogens is 1. The third kappa shape index (κ3) is 3.14. The maximum atomic E-state index is 12.7. The Hall–Kier alpha value is -0.730. The molecule has 0 bridgehead atoms. The van der Waals surface area contributed by atoms with Crippen LogP contribution in [0.2, 0.25) is 0 Å². The van der Waals surface area contributed by atoms with Gasteiger partial charge in [-0.05, 0) is 65.4 Å². The molecule has 0 spiro atoms. The van der Waals surface area contributed by atoms with Gasteiger partial charge in [0, 0.05) is 0 Å². The van der Waals surface area contributed by atoms with Crippen LogP contribution in [0.5, 0.6) is 0 Å². The second kappa shape index (κ2) is 6.80. The van der Waals surface area contributed by atoms with Crippen molar-refractivity contribution in [3.05, 3.63) is 43.2 Å². The van der Waals surface area contributed by atoms with E-state index in [1.54, 1.807) is 12.1 Å². The van der Waals surface area contributed by atoms with E-state index in [-0.39, 0.29) is 6.10 Å². The average Bonchev–Trinajstić information content (AvgIpc) is 3.19. The highest BCUT2D eigenvalue weighted by Crippen LogP contribution is 2.39. The molecule has 3 rings (SSSR count). The lowest BCUT2D eigenvalue weighted by atomic mass is 9.99. The number of carbonyl (C=O) groups excluding carboxylic acids is 1. The number of piperidine rings is 1. The first-order valence-electron chi connectivity index (χ1n) is 7.04. The van der Waals surface area contributed by atoms with Gasteiger partial charge in [-0.25, -0.2) is 4.79 Å². The Balaban J connectivity index is 1.90. The topological polar surface area (TPSA) is 58.6 Å². The molecule has 0 unspecified atom stereocenters. The van der Waals surface area contributed by atoms with Crippen molar-refractivity contribution in [1.29, 1.82) is 0 Å². The third-order valence-electron chi connectivity index (χ3n) is 3.66. The van der Waals surface area contributed by atoms with Gasteiger partial charge in [0.2, 0.25) is 5.60 Å². The van der Waals surface area contributed by atoms with Crippen LogP contribution in [0.3, 0.4) is 0 Å². The van der Waals surface area contributed by atoms with Crippen molar-refractivity contribution in [2.24, 2.45) is 0 Å². The van der Waals surface area contributed by atoms with Crippen LogP contribution in [0.25, 0.3) is 0 Å². The minimum Gasteiger partial charge on any atom is -0.460 e. The molecule has 1 aliphatic rings. The molecular formula is C15H16BrNO3S2. The molecule has 0 amide bonds. The number of hydrogen-bond donors (Lipinski definition) is 2. The molecule has 2 aromatic heterocycles. The summed E-state index contributed by atoms with van der Waals surface area (Å²) in [6, 6.07) is 7.18. The Morgan fingerprint density at radius 1 is 1.32 bits per heavy atom. The third-order valence-corrected chi connectivity index (χ3v) is 6.37. The van der Waals surface area contributed by atoms with Crippen LogP contribution in [0.15, 0.2) is 33.4 Å². The van der Waals surface area contributed by atoms with Gasteiger partial charge in [-0.3, -0.25) is 0 Å². The summed E-state index contributed by atoms with van der Waals surface area (Å²) in [7, 11) is 0. The Morgan fingerprint density at radius 3 is 2.68 bits per heavy atom. The molecule has 4 nitrogen and oxygen atoms in total. The maximum absolute atomic E-state index is 12.7. The lowest BCUT2D eigenvalue weighted by Gasteiger charge is -2.29. The van der Waals surface area contributed by atoms with Crippen molar-refractivity contribution in [2.75, 3.05) is 13.1 Å². The van der Waals surface area contributed by atoms with Crippen LogP contribution in [0.1, 0.15) is 22.6 Å². The molecule has 22 heavy (non-hydrogen) atoms. The summed E-state index contributed by atoms with van der Waals surface area (Å²) in [5, 5.41) is 16.2. The summed E-state index contributed by atoms with van der Waals surface area (Å²) in [5.41, 5.74) is -1.73. The van der Waals surface area contributed by atoms with E-state index < -0.39 is 11.6 Å². The largest absolute Gasteiger partial charge is 0.460 e. The van der Waals surface area contributed by atoms with Crippen LogP contribution in [0, 0.1) is 0 Å². The predicted octanol–water partition coefficient (Wildman–Crippen LogP) is 3.10. The molecule has 1 aliphatic heterocycles. The van der Waals surface area contributed by atoms with Crippen molar-refractivity contribution in [1.82, 2.24) is 5.32 Å². The van der Waals surface area contributed by atoms with E-state index in [0.29, 0.717) is 9.75 Å². The zero-order chi connectivity index (χ0) is 15.6. The molecule has 0 aliphatic carbocycles. The van der Waals surface area contributed by atoms with Crippen LogP contribution < -0.4 is 5.32 Å². The van der Waals surface area contributed by atoms with E-state index >= 15 is 0 Å². The maximum Gasteiger partial charge on any atom is 0.349 e. The number of thiophene rings is 2. The summed E-state index contributed by atoms with van der Waals surface area (Å²) in [6.07, 6.45) is 1.42. The smallest absolute Gasteiger partial charge is 0.349 e. The van der Waals surface area contributed by atoms with Crippen molar-refractivity contribution >= 4 is 44.6 Å². The normalized spacial score (nSPS) is 18.8. The number of carbonyl (C=O) groups is 1. The molecular weight excluding hydrogens is 386 g/mol. The molecule has 7 heteroatoms. The van der Waals surface area contributed by atoms with E-state index in [0.717, 1.165) is 29.7 Å². The standard InChI is InChI=1S/C15H16BrNO3S2/c16-13-4-3-12(22-13)15(19,11-2-1-9-21-11)14(18)20-10-5-7-17-8-6-10/h1-4,9-10,17,19H,5-8H2/t15-/m0/s1. The summed E-state index contributed by atoms with van der Waals surface area (Å²) < 4.78 is 6.48. The van der Waals surface area contributed by atoms with Crippen molar-refractivity contribution in [3.63, 3.8) is 0 Å². The summed E-state index contributed by atoms with van der Waals surface area (Å²) in [6.45, 7) is 1.67. The fourth-order valence-corrected chi connectivity index (χ4v) is 4.83. The first-order valence-corrected chi connectivity index (χ1v) is 9.53. The summed E-state index contributed by atoms with van der Waals surface area (Å²) >= 11 is 6.08. The first-order chi connectivity index (χ1) is 10.6. The van der Waals surface area contributed by atoms with Crippen LogP contribution in [-0.2, 0) is 15.1 Å². The van der Waals surface area contributed by atoms with Gasteiger partial charge in [0.15, 0.2) is 0 Å². The minimum atomic E-state index is -1.73. The molecule has 1 fully saturated rings. The Morgan fingerprint density at radius 2 is 2.09 bits per heavy atom. The predicted molar refractivity (Wildman–Crippen MR) is 91.3 cm³/mol. The fraction of sp³-hybridized carbons (Fsp3) is 0.400. The number of nitrogens with one attached hydrogen (secondary N) is 1. The van der Waals surface area contributed by atoms with Crippen molar-refractivity contribution in [2.45, 2.75) is 24.5 Å². The highest BCUT2D eigenvalue weighted by atomic mass is 79.9. The molecule has 2 N–H and O–H groups in total. The first kappa shape index (κ1) is 16.1. The van der Waals surface area contributed by atoms with Crippen LogP contribution >= 0.6 is 38.6 Å². The molecule has 0 saturated carbocycles. The lowest BCUT2D eigenvalue weighted by molar-refractivity contribution is -0.168. The highest BCUT2D eigenvalue weighted by Gasteiger charge is 2.45. The number of aliphatic hydroxyl groups is 1. The second-order valence-electron chi connectivity index (χ2n) is 5.15. The molecule has 118 valence electrons. The number of rotatable bonds is 4. The highest BCUT2D eigenvalue weighted by molar-refractivity contribution is 9.11. The SMILES string of the molecule is O=C(OC1CCNCC1)[C@](O)(c1cccs1)c1ccc(Br)s1. The van der Waals surface area contributed by atoms with Gasteiger partial charge >= 0.3 is 5.97 Å². The quantitative estimate of drug-likeness (QED) is 0.772. The molecule has 0 radical (unpaired) electrons. The molecule has 1 saturated heterocycles.